The first kappa shape index (κ1) is 15.1. The van der Waals surface area contributed by atoms with Gasteiger partial charge in [-0.1, -0.05) is 17.7 Å². The molecule has 6 nitrogen and oxygen atoms in total. The number of amides is 1. The predicted octanol–water partition coefficient (Wildman–Crippen LogP) is 1.91. The van der Waals surface area contributed by atoms with Crippen molar-refractivity contribution in [2.24, 2.45) is 5.73 Å². The molecule has 0 fully saturated rings. The van der Waals surface area contributed by atoms with Crippen LogP contribution in [0, 0.1) is 0 Å². The van der Waals surface area contributed by atoms with Crippen LogP contribution in [0.25, 0.3) is 0 Å². The van der Waals surface area contributed by atoms with Gasteiger partial charge in [0.15, 0.2) is 0 Å². The monoisotopic (exact) mass is 305 g/mol. The topological polar surface area (TPSA) is 84.1 Å². The Morgan fingerprint density at radius 3 is 2.81 bits per heavy atom. The van der Waals surface area contributed by atoms with Gasteiger partial charge in [-0.05, 0) is 12.1 Å². The largest absolute Gasteiger partial charge is 0.366 e. The van der Waals surface area contributed by atoms with E-state index in [0.717, 1.165) is 11.4 Å². The molecular weight excluding hydrogens is 290 g/mol. The van der Waals surface area contributed by atoms with Gasteiger partial charge in [0.05, 0.1) is 10.6 Å². The van der Waals surface area contributed by atoms with Gasteiger partial charge in [0.1, 0.15) is 11.6 Å². The number of carbonyl (C=O) groups is 1. The molecule has 0 radical (unpaired) electrons. The molecule has 2 aromatic rings. The quantitative estimate of drug-likeness (QED) is 0.881. The molecule has 0 saturated heterocycles. The summed E-state index contributed by atoms with van der Waals surface area (Å²) in [7, 11) is 3.86. The van der Waals surface area contributed by atoms with Crippen LogP contribution < -0.4 is 16.0 Å². The first-order chi connectivity index (χ1) is 9.99. The number of anilines is 2. The first-order valence-corrected chi connectivity index (χ1v) is 6.67. The summed E-state index contributed by atoms with van der Waals surface area (Å²) in [6, 6.07) is 5.34. The van der Waals surface area contributed by atoms with E-state index in [9.17, 15) is 4.79 Å². The number of nitrogens with two attached hydrogens (primary N) is 1. The smallest absolute Gasteiger partial charge is 0.250 e. The summed E-state index contributed by atoms with van der Waals surface area (Å²) >= 11 is 6.08. The standard InChI is InChI=1S/C14H16ClN5O/c1-20(2)14-9(4-3-5-17-14)7-18-13-11(15)6-10(8-19-13)12(16)21/h3-6,8H,7H2,1-2H3,(H2,16,21)(H,18,19). The minimum absolute atomic E-state index is 0.279. The van der Waals surface area contributed by atoms with E-state index in [4.69, 9.17) is 17.3 Å². The van der Waals surface area contributed by atoms with Crippen molar-refractivity contribution in [3.63, 3.8) is 0 Å². The summed E-state index contributed by atoms with van der Waals surface area (Å²) in [5, 5.41) is 3.48. The van der Waals surface area contributed by atoms with Gasteiger partial charge >= 0.3 is 0 Å². The Hall–Kier alpha value is -2.34. The molecule has 0 unspecified atom stereocenters. The zero-order chi connectivity index (χ0) is 15.4. The number of primary amides is 1. The van der Waals surface area contributed by atoms with Gasteiger partial charge in [0.2, 0.25) is 5.91 Å². The Bertz CT molecular complexity index is 660. The van der Waals surface area contributed by atoms with Crippen LogP contribution >= 0.6 is 11.6 Å². The number of rotatable bonds is 5. The normalized spacial score (nSPS) is 10.2. The van der Waals surface area contributed by atoms with Crippen LogP contribution in [0.15, 0.2) is 30.6 Å². The average Bonchev–Trinajstić information content (AvgIpc) is 2.46. The maximum atomic E-state index is 11.1. The first-order valence-electron chi connectivity index (χ1n) is 6.29. The van der Waals surface area contributed by atoms with Crippen LogP contribution in [0.3, 0.4) is 0 Å². The highest BCUT2D eigenvalue weighted by atomic mass is 35.5. The molecule has 1 amide bonds. The fraction of sp³-hybridized carbons (Fsp3) is 0.214. The molecule has 110 valence electrons. The molecule has 0 spiro atoms. The number of nitrogens with one attached hydrogen (secondary N) is 1. The lowest BCUT2D eigenvalue weighted by atomic mass is 10.2. The Morgan fingerprint density at radius 2 is 2.19 bits per heavy atom. The lowest BCUT2D eigenvalue weighted by molar-refractivity contribution is 0.1000. The minimum atomic E-state index is -0.557. The molecule has 0 aliphatic rings. The summed E-state index contributed by atoms with van der Waals surface area (Å²) < 4.78 is 0. The number of halogens is 1. The third-order valence-electron chi connectivity index (χ3n) is 2.86. The summed E-state index contributed by atoms with van der Waals surface area (Å²) in [6.45, 7) is 0.518. The molecule has 7 heteroatoms. The highest BCUT2D eigenvalue weighted by Gasteiger charge is 2.09. The average molecular weight is 306 g/mol. The molecule has 3 N–H and O–H groups in total. The van der Waals surface area contributed by atoms with Crippen molar-refractivity contribution in [1.29, 1.82) is 0 Å². The summed E-state index contributed by atoms with van der Waals surface area (Å²) in [5.74, 6) is 0.809. The van der Waals surface area contributed by atoms with Gasteiger partial charge < -0.3 is 16.0 Å². The number of aromatic nitrogens is 2. The zero-order valence-corrected chi connectivity index (χ0v) is 12.6. The molecular formula is C14H16ClN5O. The van der Waals surface area contributed by atoms with Crippen LogP contribution in [0.5, 0.6) is 0 Å². The molecule has 0 bridgehead atoms. The van der Waals surface area contributed by atoms with E-state index < -0.39 is 5.91 Å². The van der Waals surface area contributed by atoms with E-state index in [1.165, 1.54) is 12.3 Å². The highest BCUT2D eigenvalue weighted by molar-refractivity contribution is 6.33. The second-order valence-corrected chi connectivity index (χ2v) is 5.06. The second-order valence-electron chi connectivity index (χ2n) is 4.65. The van der Waals surface area contributed by atoms with E-state index in [-0.39, 0.29) is 5.56 Å². The Kier molecular flexibility index (Phi) is 4.59. The number of pyridine rings is 2. The van der Waals surface area contributed by atoms with Crippen molar-refractivity contribution >= 4 is 29.1 Å². The SMILES string of the molecule is CN(C)c1ncccc1CNc1ncc(C(N)=O)cc1Cl. The molecule has 0 aliphatic heterocycles. The minimum Gasteiger partial charge on any atom is -0.366 e. The van der Waals surface area contributed by atoms with Crippen LogP contribution in [-0.2, 0) is 6.54 Å². The molecule has 2 aromatic heterocycles. The van der Waals surface area contributed by atoms with Crippen LogP contribution in [0.4, 0.5) is 11.6 Å². The Labute approximate surface area is 128 Å². The van der Waals surface area contributed by atoms with E-state index >= 15 is 0 Å². The van der Waals surface area contributed by atoms with Gasteiger partial charge in [0.25, 0.3) is 0 Å². The zero-order valence-electron chi connectivity index (χ0n) is 11.8. The third kappa shape index (κ3) is 3.61. The molecule has 2 rings (SSSR count). The van der Waals surface area contributed by atoms with Crippen molar-refractivity contribution in [3.05, 3.63) is 46.7 Å². The Balaban J connectivity index is 2.15. The van der Waals surface area contributed by atoms with Crippen LogP contribution in [-0.4, -0.2) is 30.0 Å². The van der Waals surface area contributed by atoms with E-state index in [1.54, 1.807) is 6.20 Å². The molecule has 2 heterocycles. The fourth-order valence-corrected chi connectivity index (χ4v) is 2.09. The second kappa shape index (κ2) is 6.41. The molecule has 21 heavy (non-hydrogen) atoms. The van der Waals surface area contributed by atoms with Crippen molar-refractivity contribution in [2.45, 2.75) is 6.54 Å². The summed E-state index contributed by atoms with van der Waals surface area (Å²) in [4.78, 5) is 21.4. The number of carbonyl (C=O) groups excluding carboxylic acids is 1. The van der Waals surface area contributed by atoms with Gasteiger partial charge in [-0.2, -0.15) is 0 Å². The lowest BCUT2D eigenvalue weighted by Crippen LogP contribution is -2.15. The lowest BCUT2D eigenvalue weighted by Gasteiger charge is -2.16. The van der Waals surface area contributed by atoms with Gasteiger partial charge in [-0.25, -0.2) is 9.97 Å². The summed E-state index contributed by atoms with van der Waals surface area (Å²) in [5.41, 5.74) is 6.47. The molecule has 0 aliphatic carbocycles. The van der Waals surface area contributed by atoms with Gasteiger partial charge in [-0.15, -0.1) is 0 Å². The van der Waals surface area contributed by atoms with Crippen LogP contribution in [0.2, 0.25) is 5.02 Å². The predicted molar refractivity (Wildman–Crippen MR) is 83.7 cm³/mol. The maximum Gasteiger partial charge on any atom is 0.250 e. The van der Waals surface area contributed by atoms with Crippen molar-refractivity contribution in [3.8, 4) is 0 Å². The van der Waals surface area contributed by atoms with E-state index in [1.807, 2.05) is 31.1 Å². The molecule has 0 saturated carbocycles. The van der Waals surface area contributed by atoms with E-state index in [0.29, 0.717) is 17.4 Å². The van der Waals surface area contributed by atoms with Crippen molar-refractivity contribution in [1.82, 2.24) is 9.97 Å². The summed E-state index contributed by atoms with van der Waals surface area (Å²) in [6.07, 6.45) is 3.14. The van der Waals surface area contributed by atoms with Crippen LogP contribution in [0.1, 0.15) is 15.9 Å². The van der Waals surface area contributed by atoms with E-state index in [2.05, 4.69) is 15.3 Å². The van der Waals surface area contributed by atoms with Crippen molar-refractivity contribution < 1.29 is 4.79 Å². The van der Waals surface area contributed by atoms with Gasteiger partial charge in [-0.3, -0.25) is 4.79 Å². The number of nitrogens with zero attached hydrogens (tertiary/aromatic N) is 3. The maximum absolute atomic E-state index is 11.1. The van der Waals surface area contributed by atoms with Crippen molar-refractivity contribution in [2.75, 3.05) is 24.3 Å². The van der Waals surface area contributed by atoms with Gasteiger partial charge in [0, 0.05) is 38.6 Å². The molecule has 0 aromatic carbocycles. The number of hydrogen-bond donors (Lipinski definition) is 2. The highest BCUT2D eigenvalue weighted by Crippen LogP contribution is 2.22. The third-order valence-corrected chi connectivity index (χ3v) is 3.15. The fourth-order valence-electron chi connectivity index (χ4n) is 1.85. The number of hydrogen-bond acceptors (Lipinski definition) is 5. The molecule has 0 atom stereocenters. The Morgan fingerprint density at radius 1 is 1.43 bits per heavy atom.